The maximum absolute atomic E-state index is 12.3. The molecule has 0 atom stereocenters. The van der Waals surface area contributed by atoms with E-state index in [0.29, 0.717) is 5.56 Å². The fourth-order valence-corrected chi connectivity index (χ4v) is 2.48. The maximum atomic E-state index is 12.3. The summed E-state index contributed by atoms with van der Waals surface area (Å²) in [4.78, 5) is 47.2. The highest BCUT2D eigenvalue weighted by atomic mass is 16.4. The van der Waals surface area contributed by atoms with Crippen molar-refractivity contribution in [3.8, 4) is 0 Å². The number of carbonyl (C=O) groups excluding carboxylic acids is 3. The van der Waals surface area contributed by atoms with Crippen molar-refractivity contribution in [2.75, 3.05) is 13.1 Å². The van der Waals surface area contributed by atoms with Crippen LogP contribution in [0.15, 0.2) is 60.7 Å². The minimum Gasteiger partial charge on any atom is -0.478 e. The number of nitrogens with one attached hydrogen (secondary N) is 1. The third-order valence-electron chi connectivity index (χ3n) is 3.87. The maximum Gasteiger partial charge on any atom is 0.335 e. The van der Waals surface area contributed by atoms with Crippen LogP contribution in [0.3, 0.4) is 0 Å². The van der Waals surface area contributed by atoms with Crippen molar-refractivity contribution < 1.29 is 24.3 Å². The highest BCUT2D eigenvalue weighted by molar-refractivity contribution is 6.03. The lowest BCUT2D eigenvalue weighted by molar-refractivity contribution is -0.122. The molecule has 0 aliphatic carbocycles. The Kier molecular flexibility index (Phi) is 7.65. The third kappa shape index (κ3) is 5.91. The van der Waals surface area contributed by atoms with Crippen LogP contribution < -0.4 is 5.32 Å². The van der Waals surface area contributed by atoms with Crippen LogP contribution in [-0.2, 0) is 16.0 Å². The van der Waals surface area contributed by atoms with E-state index in [2.05, 4.69) is 5.32 Å². The van der Waals surface area contributed by atoms with Crippen LogP contribution in [0.1, 0.15) is 21.5 Å². The number of nitrogens with zero attached hydrogens (tertiary/aromatic N) is 1. The number of rotatable bonds is 8. The zero-order valence-corrected chi connectivity index (χ0v) is 15.0. The molecule has 28 heavy (non-hydrogen) atoms. The quantitative estimate of drug-likeness (QED) is 0.685. The molecule has 2 aromatic carbocycles. The summed E-state index contributed by atoms with van der Waals surface area (Å²) in [5, 5.41) is 11.7. The van der Waals surface area contributed by atoms with Gasteiger partial charge in [0.15, 0.2) is 0 Å². The Balaban J connectivity index is 1.97. The summed E-state index contributed by atoms with van der Waals surface area (Å²) >= 11 is 0. The molecule has 0 aliphatic rings. The molecule has 0 spiro atoms. The second kappa shape index (κ2) is 10.4. The number of amides is 3. The molecule has 3 amide bonds. The summed E-state index contributed by atoms with van der Waals surface area (Å²) < 4.78 is 0. The molecule has 0 unspecified atom stereocenters. The Morgan fingerprint density at radius 2 is 1.71 bits per heavy atom. The van der Waals surface area contributed by atoms with Crippen LogP contribution in [0.25, 0.3) is 6.08 Å². The van der Waals surface area contributed by atoms with Crippen LogP contribution in [0.5, 0.6) is 0 Å². The smallest absolute Gasteiger partial charge is 0.335 e. The minimum absolute atomic E-state index is 0.105. The number of carboxylic acid groups (broad SMARTS) is 1. The Labute approximate surface area is 162 Å². The van der Waals surface area contributed by atoms with E-state index in [1.54, 1.807) is 36.6 Å². The van der Waals surface area contributed by atoms with Gasteiger partial charge in [-0.25, -0.2) is 9.59 Å². The monoisotopic (exact) mass is 379 g/mol. The second-order valence-electron chi connectivity index (χ2n) is 5.76. The number of hydrogen-bond acceptors (Lipinski definition) is 4. The fraction of sp³-hybridized carbons (Fsp3) is 0.143. The second-order valence-corrected chi connectivity index (χ2v) is 5.76. The van der Waals surface area contributed by atoms with E-state index < -0.39 is 24.5 Å². The summed E-state index contributed by atoms with van der Waals surface area (Å²) in [5.74, 6) is -1.71. The van der Waals surface area contributed by atoms with E-state index in [1.165, 1.54) is 18.2 Å². The summed E-state index contributed by atoms with van der Waals surface area (Å²) in [6.45, 7) is -0.399. The van der Waals surface area contributed by atoms with Crippen molar-refractivity contribution in [3.05, 3.63) is 77.4 Å². The molecule has 7 nitrogen and oxygen atoms in total. The molecular formula is C21H19N2O5. The van der Waals surface area contributed by atoms with Gasteiger partial charge in [-0.05, 0) is 29.7 Å². The lowest BCUT2D eigenvalue weighted by atomic mass is 10.0. The Morgan fingerprint density at radius 1 is 1.04 bits per heavy atom. The van der Waals surface area contributed by atoms with Crippen LogP contribution in [0.4, 0.5) is 4.79 Å². The van der Waals surface area contributed by atoms with E-state index >= 15 is 0 Å². The molecule has 2 N–H and O–H groups in total. The van der Waals surface area contributed by atoms with E-state index in [-0.39, 0.29) is 18.5 Å². The van der Waals surface area contributed by atoms with E-state index in [1.807, 2.05) is 18.2 Å². The van der Waals surface area contributed by atoms with Crippen molar-refractivity contribution in [2.45, 2.75) is 6.42 Å². The van der Waals surface area contributed by atoms with Gasteiger partial charge in [-0.3, -0.25) is 14.5 Å². The molecule has 2 rings (SSSR count). The minimum atomic E-state index is -1.06. The molecule has 0 saturated carbocycles. The molecule has 0 saturated heterocycles. The van der Waals surface area contributed by atoms with Gasteiger partial charge in [0.25, 0.3) is 5.91 Å². The van der Waals surface area contributed by atoms with Crippen LogP contribution >= 0.6 is 0 Å². The summed E-state index contributed by atoms with van der Waals surface area (Å²) in [7, 11) is 0. The summed E-state index contributed by atoms with van der Waals surface area (Å²) in [6, 6.07) is 14.7. The molecular weight excluding hydrogens is 360 g/mol. The first-order valence-electron chi connectivity index (χ1n) is 8.51. The molecule has 0 fully saturated rings. The van der Waals surface area contributed by atoms with Crippen molar-refractivity contribution in [1.82, 2.24) is 10.2 Å². The predicted octanol–water partition coefficient (Wildman–Crippen LogP) is 2.29. The molecule has 0 heterocycles. The standard InChI is InChI=1S/C21H19N2O5/c24-15-14-23(19(25)11-10-16-6-2-1-3-7-16)21(28)22-13-12-17-8-4-5-9-18(17)20(26)27/h1-11H,12-14H2,(H,22,28)(H,26,27)/b11-10+. The molecule has 1 radical (unpaired) electrons. The topological polar surface area (TPSA) is 104 Å². The van der Waals surface area contributed by atoms with Gasteiger partial charge < -0.3 is 10.4 Å². The number of imide groups is 1. The molecule has 0 aliphatic heterocycles. The fourth-order valence-electron chi connectivity index (χ4n) is 2.48. The number of urea groups is 1. The molecule has 0 aromatic heterocycles. The first kappa shape index (κ1) is 20.6. The molecule has 2 aromatic rings. The van der Waals surface area contributed by atoms with Gasteiger partial charge in [0, 0.05) is 12.6 Å². The summed E-state index contributed by atoms with van der Waals surface area (Å²) in [5.41, 5.74) is 1.48. The van der Waals surface area contributed by atoms with Crippen molar-refractivity contribution in [3.63, 3.8) is 0 Å². The predicted molar refractivity (Wildman–Crippen MR) is 103 cm³/mol. The Morgan fingerprint density at radius 3 is 2.39 bits per heavy atom. The van der Waals surface area contributed by atoms with E-state index in [0.717, 1.165) is 10.5 Å². The number of carboxylic acids is 1. The molecule has 143 valence electrons. The SMILES string of the molecule is O=[C]CN(C(=O)/C=C/c1ccccc1)C(=O)NCCc1ccccc1C(=O)O. The lowest BCUT2D eigenvalue weighted by Gasteiger charge is -2.17. The van der Waals surface area contributed by atoms with Gasteiger partial charge in [0.1, 0.15) is 0 Å². The van der Waals surface area contributed by atoms with Crippen molar-refractivity contribution >= 4 is 30.3 Å². The van der Waals surface area contributed by atoms with Crippen molar-refractivity contribution in [2.24, 2.45) is 0 Å². The van der Waals surface area contributed by atoms with Gasteiger partial charge in [-0.15, -0.1) is 0 Å². The largest absolute Gasteiger partial charge is 0.478 e. The zero-order valence-electron chi connectivity index (χ0n) is 15.0. The Hall–Kier alpha value is -3.74. The highest BCUT2D eigenvalue weighted by Gasteiger charge is 2.19. The number of hydrogen-bond donors (Lipinski definition) is 2. The van der Waals surface area contributed by atoms with Gasteiger partial charge in [-0.2, -0.15) is 0 Å². The number of carbonyl (C=O) groups is 3. The average Bonchev–Trinajstić information content (AvgIpc) is 2.71. The van der Waals surface area contributed by atoms with Gasteiger partial charge in [0.05, 0.1) is 12.1 Å². The normalized spacial score (nSPS) is 10.4. The van der Waals surface area contributed by atoms with Crippen LogP contribution in [0, 0.1) is 0 Å². The van der Waals surface area contributed by atoms with Crippen LogP contribution in [0.2, 0.25) is 0 Å². The van der Waals surface area contributed by atoms with E-state index in [4.69, 9.17) is 5.11 Å². The number of benzene rings is 2. The molecule has 0 bridgehead atoms. The van der Waals surface area contributed by atoms with Crippen LogP contribution in [-0.4, -0.2) is 47.3 Å². The first-order chi connectivity index (χ1) is 13.5. The van der Waals surface area contributed by atoms with Gasteiger partial charge in [-0.1, -0.05) is 48.5 Å². The van der Waals surface area contributed by atoms with Crippen molar-refractivity contribution in [1.29, 1.82) is 0 Å². The number of aromatic carboxylic acids is 1. The molecule has 7 heteroatoms. The Bertz CT molecular complexity index is 877. The van der Waals surface area contributed by atoms with E-state index in [9.17, 15) is 19.2 Å². The lowest BCUT2D eigenvalue weighted by Crippen LogP contribution is -2.44. The highest BCUT2D eigenvalue weighted by Crippen LogP contribution is 2.09. The average molecular weight is 379 g/mol. The van der Waals surface area contributed by atoms with Gasteiger partial charge >= 0.3 is 12.0 Å². The third-order valence-corrected chi connectivity index (χ3v) is 3.87. The zero-order chi connectivity index (χ0) is 20.4. The first-order valence-corrected chi connectivity index (χ1v) is 8.51. The summed E-state index contributed by atoms with van der Waals surface area (Å²) in [6.07, 6.45) is 4.55. The van der Waals surface area contributed by atoms with Gasteiger partial charge in [0.2, 0.25) is 6.29 Å².